The summed E-state index contributed by atoms with van der Waals surface area (Å²) >= 11 is 0. The lowest BCUT2D eigenvalue weighted by atomic mass is 10.2. The molecule has 2 aromatic rings. The number of hydrogen-bond acceptors (Lipinski definition) is 4. The maximum atomic E-state index is 11.2. The molecule has 2 rings (SSSR count). The molecular formula is C11H10N4O2S. The molecule has 0 atom stereocenters. The van der Waals surface area contributed by atoms with Crippen molar-refractivity contribution in [1.82, 2.24) is 4.57 Å². The molecule has 18 heavy (non-hydrogen) atoms. The molecule has 0 bridgehead atoms. The maximum Gasteiger partial charge on any atom is 0.240 e. The second kappa shape index (κ2) is 4.18. The van der Waals surface area contributed by atoms with Crippen LogP contribution in [0, 0.1) is 11.3 Å². The number of hydrogen-bond donors (Lipinski definition) is 2. The zero-order valence-electron chi connectivity index (χ0n) is 9.24. The van der Waals surface area contributed by atoms with E-state index in [1.807, 2.05) is 6.07 Å². The summed E-state index contributed by atoms with van der Waals surface area (Å²) in [6.45, 7) is 0. The molecule has 1 heterocycles. The summed E-state index contributed by atoms with van der Waals surface area (Å²) in [7, 11) is -3.83. The Kier molecular flexibility index (Phi) is 2.82. The smallest absolute Gasteiger partial charge is 0.240 e. The summed E-state index contributed by atoms with van der Waals surface area (Å²) in [5.41, 5.74) is 6.73. The average molecular weight is 262 g/mol. The van der Waals surface area contributed by atoms with E-state index in [1.54, 1.807) is 22.9 Å². The van der Waals surface area contributed by atoms with E-state index in [-0.39, 0.29) is 10.6 Å². The van der Waals surface area contributed by atoms with Crippen molar-refractivity contribution < 1.29 is 8.42 Å². The minimum atomic E-state index is -3.83. The number of primary sulfonamides is 1. The number of nitrogen functional groups attached to an aromatic ring is 1. The molecule has 0 saturated heterocycles. The van der Waals surface area contributed by atoms with E-state index in [0.29, 0.717) is 11.4 Å². The van der Waals surface area contributed by atoms with E-state index < -0.39 is 10.0 Å². The molecule has 0 radical (unpaired) electrons. The highest BCUT2D eigenvalue weighted by molar-refractivity contribution is 7.89. The Labute approximate surface area is 104 Å². The highest BCUT2D eigenvalue weighted by Gasteiger charge is 2.13. The fourth-order valence-electron chi connectivity index (χ4n) is 1.64. The van der Waals surface area contributed by atoms with Gasteiger partial charge in [-0.05, 0) is 30.3 Å². The monoisotopic (exact) mass is 262 g/mol. The third kappa shape index (κ3) is 2.07. The fourth-order valence-corrected chi connectivity index (χ4v) is 2.29. The second-order valence-corrected chi connectivity index (χ2v) is 5.17. The molecule has 0 aliphatic heterocycles. The minimum absolute atomic E-state index is 0.0487. The van der Waals surface area contributed by atoms with Gasteiger partial charge in [0.1, 0.15) is 16.7 Å². The summed E-state index contributed by atoms with van der Waals surface area (Å²) in [6, 6.07) is 9.69. The van der Waals surface area contributed by atoms with Crippen LogP contribution in [0.1, 0.15) is 5.69 Å². The molecule has 0 fully saturated rings. The SMILES string of the molecule is N#Cc1cccn1-c1ccc(S(N)(=O)=O)c(N)c1. The number of nitrogens with zero attached hydrogens (tertiary/aromatic N) is 2. The van der Waals surface area contributed by atoms with Crippen molar-refractivity contribution in [3.63, 3.8) is 0 Å². The van der Waals surface area contributed by atoms with Crippen molar-refractivity contribution >= 4 is 15.7 Å². The Hall–Kier alpha value is -2.30. The first-order valence-corrected chi connectivity index (χ1v) is 6.48. The molecule has 0 aliphatic carbocycles. The first-order valence-electron chi connectivity index (χ1n) is 4.93. The van der Waals surface area contributed by atoms with Crippen LogP contribution in [-0.4, -0.2) is 13.0 Å². The van der Waals surface area contributed by atoms with Crippen molar-refractivity contribution in [2.75, 3.05) is 5.73 Å². The lowest BCUT2D eigenvalue weighted by molar-refractivity contribution is 0.598. The predicted octanol–water partition coefficient (Wildman–Crippen LogP) is 0.579. The average Bonchev–Trinajstić information content (AvgIpc) is 2.74. The van der Waals surface area contributed by atoms with Crippen LogP contribution >= 0.6 is 0 Å². The standard InChI is InChI=1S/C11H10N4O2S/c12-7-9-2-1-5-15(9)8-3-4-11(10(13)6-8)18(14,16)17/h1-6H,13H2,(H2,14,16,17). The number of aromatic nitrogens is 1. The predicted molar refractivity (Wildman–Crippen MR) is 66.3 cm³/mol. The van der Waals surface area contributed by atoms with E-state index in [2.05, 4.69) is 0 Å². The van der Waals surface area contributed by atoms with Crippen molar-refractivity contribution in [3.05, 3.63) is 42.2 Å². The van der Waals surface area contributed by atoms with Crippen molar-refractivity contribution in [2.45, 2.75) is 4.90 Å². The van der Waals surface area contributed by atoms with E-state index in [4.69, 9.17) is 16.1 Å². The first kappa shape index (κ1) is 12.2. The van der Waals surface area contributed by atoms with Gasteiger partial charge < -0.3 is 10.3 Å². The van der Waals surface area contributed by atoms with Crippen LogP contribution in [0.5, 0.6) is 0 Å². The van der Waals surface area contributed by atoms with Crippen LogP contribution < -0.4 is 10.9 Å². The summed E-state index contributed by atoms with van der Waals surface area (Å²) < 4.78 is 24.0. The minimum Gasteiger partial charge on any atom is -0.398 e. The van der Waals surface area contributed by atoms with Crippen LogP contribution in [-0.2, 0) is 10.0 Å². The summed E-state index contributed by atoms with van der Waals surface area (Å²) in [5.74, 6) is 0. The Balaban J connectivity index is 2.58. The van der Waals surface area contributed by atoms with Crippen LogP contribution in [0.15, 0.2) is 41.4 Å². The number of anilines is 1. The fraction of sp³-hybridized carbons (Fsp3) is 0. The number of nitriles is 1. The lowest BCUT2D eigenvalue weighted by Crippen LogP contribution is -2.14. The van der Waals surface area contributed by atoms with Gasteiger partial charge in [0.15, 0.2) is 0 Å². The summed E-state index contributed by atoms with van der Waals surface area (Å²) in [4.78, 5) is -0.128. The molecule has 0 amide bonds. The molecule has 6 nitrogen and oxygen atoms in total. The molecule has 0 saturated carbocycles. The summed E-state index contributed by atoms with van der Waals surface area (Å²) in [6.07, 6.45) is 1.68. The van der Waals surface area contributed by atoms with Crippen LogP contribution in [0.2, 0.25) is 0 Å². The Morgan fingerprint density at radius 2 is 2.00 bits per heavy atom. The van der Waals surface area contributed by atoms with Crippen LogP contribution in [0.3, 0.4) is 0 Å². The van der Waals surface area contributed by atoms with Crippen LogP contribution in [0.25, 0.3) is 5.69 Å². The van der Waals surface area contributed by atoms with Gasteiger partial charge in [-0.25, -0.2) is 13.6 Å². The summed E-state index contributed by atoms with van der Waals surface area (Å²) in [5, 5.41) is 13.9. The van der Waals surface area contributed by atoms with Crippen molar-refractivity contribution in [1.29, 1.82) is 5.26 Å². The number of sulfonamides is 1. The topological polar surface area (TPSA) is 115 Å². The highest BCUT2D eigenvalue weighted by Crippen LogP contribution is 2.21. The van der Waals surface area contributed by atoms with E-state index in [9.17, 15) is 8.42 Å². The Morgan fingerprint density at radius 3 is 2.56 bits per heavy atom. The van der Waals surface area contributed by atoms with E-state index in [1.165, 1.54) is 18.2 Å². The van der Waals surface area contributed by atoms with Gasteiger partial charge in [0, 0.05) is 11.9 Å². The molecule has 1 aromatic heterocycles. The molecular weight excluding hydrogens is 252 g/mol. The lowest BCUT2D eigenvalue weighted by Gasteiger charge is -2.08. The number of benzene rings is 1. The Bertz CT molecular complexity index is 741. The first-order chi connectivity index (χ1) is 8.43. The van der Waals surface area contributed by atoms with E-state index in [0.717, 1.165) is 0 Å². The number of nitrogens with two attached hydrogens (primary N) is 2. The zero-order chi connectivity index (χ0) is 13.3. The van der Waals surface area contributed by atoms with Gasteiger partial charge in [0.2, 0.25) is 10.0 Å². The largest absolute Gasteiger partial charge is 0.398 e. The molecule has 4 N–H and O–H groups in total. The van der Waals surface area contributed by atoms with Gasteiger partial charge in [-0.3, -0.25) is 0 Å². The molecule has 7 heteroatoms. The normalized spacial score (nSPS) is 11.1. The van der Waals surface area contributed by atoms with Crippen molar-refractivity contribution in [3.8, 4) is 11.8 Å². The molecule has 0 unspecified atom stereocenters. The van der Waals surface area contributed by atoms with Gasteiger partial charge in [-0.15, -0.1) is 0 Å². The Morgan fingerprint density at radius 1 is 1.28 bits per heavy atom. The highest BCUT2D eigenvalue weighted by atomic mass is 32.2. The third-order valence-corrected chi connectivity index (χ3v) is 3.43. The van der Waals surface area contributed by atoms with Gasteiger partial charge >= 0.3 is 0 Å². The second-order valence-electron chi connectivity index (χ2n) is 3.64. The van der Waals surface area contributed by atoms with Crippen LogP contribution in [0.4, 0.5) is 5.69 Å². The number of rotatable bonds is 2. The third-order valence-electron chi connectivity index (χ3n) is 2.44. The maximum absolute atomic E-state index is 11.2. The molecule has 0 aliphatic rings. The molecule has 1 aromatic carbocycles. The molecule has 0 spiro atoms. The zero-order valence-corrected chi connectivity index (χ0v) is 10.1. The van der Waals surface area contributed by atoms with Gasteiger partial charge in [-0.2, -0.15) is 5.26 Å². The van der Waals surface area contributed by atoms with Gasteiger partial charge in [-0.1, -0.05) is 0 Å². The van der Waals surface area contributed by atoms with Gasteiger partial charge in [0.25, 0.3) is 0 Å². The van der Waals surface area contributed by atoms with Gasteiger partial charge in [0.05, 0.1) is 5.69 Å². The van der Waals surface area contributed by atoms with E-state index >= 15 is 0 Å². The molecule has 92 valence electrons. The van der Waals surface area contributed by atoms with Crippen molar-refractivity contribution in [2.24, 2.45) is 5.14 Å². The quantitative estimate of drug-likeness (QED) is 0.770.